The fourth-order valence-electron chi connectivity index (χ4n) is 5.48. The number of nitrogens with zero attached hydrogens (tertiary/aromatic N) is 5. The van der Waals surface area contributed by atoms with Crippen molar-refractivity contribution in [3.63, 3.8) is 0 Å². The molecular formula is C24H27N7S. The number of nitrogens with two attached hydrogens (primary N) is 1. The Morgan fingerprint density at radius 2 is 2.03 bits per heavy atom. The molecule has 0 unspecified atom stereocenters. The number of hydrogen-bond donors (Lipinski definition) is 2. The molecule has 1 saturated heterocycles. The van der Waals surface area contributed by atoms with Crippen molar-refractivity contribution in [3.05, 3.63) is 58.9 Å². The summed E-state index contributed by atoms with van der Waals surface area (Å²) in [5, 5.41) is 13.1. The molecule has 8 heteroatoms. The van der Waals surface area contributed by atoms with Crippen molar-refractivity contribution in [2.24, 2.45) is 11.1 Å². The average Bonchev–Trinajstić information content (AvgIpc) is 3.39. The Morgan fingerprint density at radius 3 is 2.84 bits per heavy atom. The van der Waals surface area contributed by atoms with Crippen LogP contribution >= 0.6 is 11.8 Å². The first-order valence-corrected chi connectivity index (χ1v) is 12.1. The van der Waals surface area contributed by atoms with Crippen LogP contribution in [0.2, 0.25) is 0 Å². The summed E-state index contributed by atoms with van der Waals surface area (Å²) < 4.78 is 0. The van der Waals surface area contributed by atoms with Crippen LogP contribution in [-0.2, 0) is 12.8 Å². The first-order valence-electron chi connectivity index (χ1n) is 11.3. The van der Waals surface area contributed by atoms with E-state index in [0.717, 1.165) is 56.2 Å². The standard InChI is InChI=1S/C24H27N7S/c1-15-2-3-17-16(12-15)13-24(21(17)25)6-10-31(11-7-24)23-28-14-20(29-30-23)32-19-5-9-27-22-18(19)4-8-26-22/h2-3,5,9,12,14,21H,4,6-8,10-11,13,25H2,1H3,(H,26,27)/t21-/m1/s1. The minimum Gasteiger partial charge on any atom is -0.369 e. The van der Waals surface area contributed by atoms with Crippen LogP contribution in [0.4, 0.5) is 11.8 Å². The number of aryl methyl sites for hydroxylation is 1. The van der Waals surface area contributed by atoms with Crippen molar-refractivity contribution < 1.29 is 0 Å². The summed E-state index contributed by atoms with van der Waals surface area (Å²) in [6.45, 7) is 4.93. The van der Waals surface area contributed by atoms with E-state index in [0.29, 0.717) is 5.95 Å². The smallest absolute Gasteiger partial charge is 0.245 e. The third-order valence-electron chi connectivity index (χ3n) is 7.30. The SMILES string of the molecule is Cc1ccc2c(c1)CC1(CCN(c3ncc(Sc4ccnc5c4CCN5)nn3)CC1)[C@@H]2N. The van der Waals surface area contributed by atoms with Gasteiger partial charge in [-0.05, 0) is 55.2 Å². The van der Waals surface area contributed by atoms with Crippen molar-refractivity contribution >= 4 is 23.5 Å². The van der Waals surface area contributed by atoms with Crippen molar-refractivity contribution in [3.8, 4) is 0 Å². The number of pyridine rings is 1. The molecule has 1 fully saturated rings. The van der Waals surface area contributed by atoms with Crippen LogP contribution in [0, 0.1) is 12.3 Å². The predicted molar refractivity (Wildman–Crippen MR) is 126 cm³/mol. The number of aromatic nitrogens is 4. The molecule has 2 aliphatic heterocycles. The highest BCUT2D eigenvalue weighted by molar-refractivity contribution is 7.99. The maximum atomic E-state index is 6.75. The fourth-order valence-corrected chi connectivity index (χ4v) is 6.35. The van der Waals surface area contributed by atoms with Crippen LogP contribution in [0.15, 0.2) is 46.6 Å². The van der Waals surface area contributed by atoms with Gasteiger partial charge in [0, 0.05) is 42.3 Å². The molecule has 6 rings (SSSR count). The van der Waals surface area contributed by atoms with Crippen molar-refractivity contribution in [1.82, 2.24) is 20.2 Å². The van der Waals surface area contributed by atoms with E-state index in [4.69, 9.17) is 5.73 Å². The Balaban J connectivity index is 1.13. The molecule has 1 spiro atoms. The summed E-state index contributed by atoms with van der Waals surface area (Å²) in [6.07, 6.45) is 7.86. The van der Waals surface area contributed by atoms with Gasteiger partial charge in [-0.15, -0.1) is 10.2 Å². The maximum absolute atomic E-state index is 6.75. The molecule has 0 bridgehead atoms. The van der Waals surface area contributed by atoms with Gasteiger partial charge < -0.3 is 16.0 Å². The summed E-state index contributed by atoms with van der Waals surface area (Å²) in [5.74, 6) is 1.70. The average molecular weight is 446 g/mol. The summed E-state index contributed by atoms with van der Waals surface area (Å²) in [7, 11) is 0. The van der Waals surface area contributed by atoms with Crippen LogP contribution in [-0.4, -0.2) is 39.8 Å². The van der Waals surface area contributed by atoms with Crippen LogP contribution in [0.25, 0.3) is 0 Å². The Kier molecular flexibility index (Phi) is 4.80. The molecule has 0 radical (unpaired) electrons. The molecule has 32 heavy (non-hydrogen) atoms. The molecule has 0 saturated carbocycles. The third-order valence-corrected chi connectivity index (χ3v) is 8.30. The lowest BCUT2D eigenvalue weighted by atomic mass is 9.73. The monoisotopic (exact) mass is 445 g/mol. The van der Waals surface area contributed by atoms with E-state index in [-0.39, 0.29) is 11.5 Å². The van der Waals surface area contributed by atoms with Crippen LogP contribution in [0.3, 0.4) is 0 Å². The summed E-state index contributed by atoms with van der Waals surface area (Å²) >= 11 is 1.61. The first kappa shape index (κ1) is 19.9. The molecule has 1 aliphatic carbocycles. The molecule has 164 valence electrons. The zero-order chi connectivity index (χ0) is 21.7. The number of hydrogen-bond acceptors (Lipinski definition) is 8. The van der Waals surface area contributed by atoms with Gasteiger partial charge >= 0.3 is 0 Å². The lowest BCUT2D eigenvalue weighted by Crippen LogP contribution is -2.45. The molecule has 4 heterocycles. The van der Waals surface area contributed by atoms with E-state index < -0.39 is 0 Å². The Morgan fingerprint density at radius 1 is 1.16 bits per heavy atom. The van der Waals surface area contributed by atoms with Crippen LogP contribution in [0.5, 0.6) is 0 Å². The second-order valence-electron chi connectivity index (χ2n) is 9.22. The molecule has 1 aromatic carbocycles. The van der Waals surface area contributed by atoms with Crippen LogP contribution < -0.4 is 16.0 Å². The van der Waals surface area contributed by atoms with Gasteiger partial charge in [-0.25, -0.2) is 9.97 Å². The van der Waals surface area contributed by atoms with E-state index in [1.54, 1.807) is 11.8 Å². The molecule has 3 aromatic rings. The summed E-state index contributed by atoms with van der Waals surface area (Å²) in [5.41, 5.74) is 12.2. The van der Waals surface area contributed by atoms with E-state index in [1.807, 2.05) is 18.5 Å². The number of nitrogens with one attached hydrogen (secondary N) is 1. The molecule has 3 aliphatic rings. The topological polar surface area (TPSA) is 92.9 Å². The second kappa shape index (κ2) is 7.71. The molecule has 0 amide bonds. The van der Waals surface area contributed by atoms with E-state index in [2.05, 4.69) is 55.5 Å². The second-order valence-corrected chi connectivity index (χ2v) is 10.3. The zero-order valence-electron chi connectivity index (χ0n) is 18.2. The van der Waals surface area contributed by atoms with Crippen molar-refractivity contribution in [2.75, 3.05) is 29.9 Å². The minimum atomic E-state index is 0.120. The van der Waals surface area contributed by atoms with Gasteiger partial charge in [-0.3, -0.25) is 0 Å². The highest BCUT2D eigenvalue weighted by Crippen LogP contribution is 2.51. The normalized spacial score (nSPS) is 20.8. The van der Waals surface area contributed by atoms with E-state index in [9.17, 15) is 0 Å². The molecular weight excluding hydrogens is 418 g/mol. The number of anilines is 2. The highest BCUT2D eigenvalue weighted by atomic mass is 32.2. The van der Waals surface area contributed by atoms with Gasteiger partial charge in [0.15, 0.2) is 0 Å². The van der Waals surface area contributed by atoms with Gasteiger partial charge in [0.1, 0.15) is 10.8 Å². The number of rotatable bonds is 3. The third kappa shape index (κ3) is 3.33. The summed E-state index contributed by atoms with van der Waals surface area (Å²) in [6, 6.07) is 8.89. The molecule has 2 aromatic heterocycles. The van der Waals surface area contributed by atoms with E-state index in [1.165, 1.54) is 27.1 Å². The Bertz CT molecular complexity index is 1160. The van der Waals surface area contributed by atoms with Crippen molar-refractivity contribution in [1.29, 1.82) is 0 Å². The van der Waals surface area contributed by atoms with Crippen molar-refractivity contribution in [2.45, 2.75) is 48.6 Å². The zero-order valence-corrected chi connectivity index (χ0v) is 19.0. The quantitative estimate of drug-likeness (QED) is 0.632. The first-order chi connectivity index (χ1) is 15.6. The predicted octanol–water partition coefficient (Wildman–Crippen LogP) is 3.54. The molecule has 3 N–H and O–H groups in total. The number of fused-ring (bicyclic) bond motifs is 2. The minimum absolute atomic E-state index is 0.120. The lowest BCUT2D eigenvalue weighted by molar-refractivity contribution is 0.186. The highest BCUT2D eigenvalue weighted by Gasteiger charge is 2.46. The van der Waals surface area contributed by atoms with Crippen LogP contribution in [0.1, 0.15) is 41.1 Å². The molecule has 7 nitrogen and oxygen atoms in total. The number of piperidine rings is 1. The molecule has 1 atom stereocenters. The van der Waals surface area contributed by atoms with Gasteiger partial charge in [0.2, 0.25) is 5.95 Å². The Hall–Kier alpha value is -2.71. The lowest BCUT2D eigenvalue weighted by Gasteiger charge is -2.42. The van der Waals surface area contributed by atoms with Gasteiger partial charge in [0.05, 0.1) is 6.20 Å². The van der Waals surface area contributed by atoms with Gasteiger partial charge in [0.25, 0.3) is 0 Å². The fraction of sp³-hybridized carbons (Fsp3) is 0.417. The Labute approximate surface area is 192 Å². The van der Waals surface area contributed by atoms with E-state index >= 15 is 0 Å². The maximum Gasteiger partial charge on any atom is 0.245 e. The number of benzene rings is 1. The largest absolute Gasteiger partial charge is 0.369 e. The van der Waals surface area contributed by atoms with Gasteiger partial charge in [-0.2, -0.15) is 0 Å². The summed E-state index contributed by atoms with van der Waals surface area (Å²) in [4.78, 5) is 12.5. The van der Waals surface area contributed by atoms with Gasteiger partial charge in [-0.1, -0.05) is 35.5 Å².